The normalized spacial score (nSPS) is 19.1. The Morgan fingerprint density at radius 3 is 2.55 bits per heavy atom. The smallest absolute Gasteiger partial charge is 0.335 e. The molecular weight excluding hydrogens is 270 g/mol. The zero-order valence-electron chi connectivity index (χ0n) is 10.8. The molecule has 0 bridgehead atoms. The van der Waals surface area contributed by atoms with Crippen LogP contribution in [0.1, 0.15) is 18.5 Å². The minimum absolute atomic E-state index is 0.0851. The highest BCUT2D eigenvalue weighted by Crippen LogP contribution is 2.30. The van der Waals surface area contributed by atoms with Gasteiger partial charge in [0.05, 0.1) is 11.6 Å². The number of allylic oxidation sites excluding steroid dienone is 1. The topological polar surface area (TPSA) is 69.6 Å². The van der Waals surface area contributed by atoms with Crippen LogP contribution in [0.5, 0.6) is 0 Å². The maximum Gasteiger partial charge on any atom is 0.335 e. The molecule has 0 saturated carbocycles. The lowest BCUT2D eigenvalue weighted by Gasteiger charge is -2.32. The van der Waals surface area contributed by atoms with E-state index >= 15 is 0 Å². The molecule has 2 N–H and O–H groups in total. The molecule has 0 saturated heterocycles. The van der Waals surface area contributed by atoms with Crippen molar-refractivity contribution in [3.63, 3.8) is 0 Å². The monoisotopic (exact) mass is 282 g/mol. The van der Waals surface area contributed by atoms with Crippen molar-refractivity contribution in [2.24, 2.45) is 0 Å². The summed E-state index contributed by atoms with van der Waals surface area (Å²) in [5.41, 5.74) is 0.330. The molecule has 1 heterocycles. The van der Waals surface area contributed by atoms with Crippen molar-refractivity contribution < 1.29 is 23.5 Å². The third-order valence-corrected chi connectivity index (χ3v) is 3.26. The van der Waals surface area contributed by atoms with E-state index in [0.717, 1.165) is 17.0 Å². The van der Waals surface area contributed by atoms with E-state index in [2.05, 4.69) is 5.32 Å². The van der Waals surface area contributed by atoms with E-state index in [4.69, 9.17) is 0 Å². The van der Waals surface area contributed by atoms with Gasteiger partial charge < -0.3 is 15.3 Å². The van der Waals surface area contributed by atoms with Gasteiger partial charge in [-0.05, 0) is 24.6 Å². The van der Waals surface area contributed by atoms with Gasteiger partial charge in [0.1, 0.15) is 0 Å². The second kappa shape index (κ2) is 4.92. The third kappa shape index (κ3) is 2.22. The zero-order valence-corrected chi connectivity index (χ0v) is 10.8. The summed E-state index contributed by atoms with van der Waals surface area (Å²) < 4.78 is 26.2. The van der Waals surface area contributed by atoms with Gasteiger partial charge in [-0.25, -0.2) is 18.4 Å². The van der Waals surface area contributed by atoms with Gasteiger partial charge >= 0.3 is 12.0 Å². The molecule has 2 rings (SSSR count). The van der Waals surface area contributed by atoms with Crippen molar-refractivity contribution in [2.45, 2.75) is 13.0 Å². The first-order valence-electron chi connectivity index (χ1n) is 5.76. The number of rotatable bonds is 2. The molecule has 0 unspecified atom stereocenters. The van der Waals surface area contributed by atoms with Gasteiger partial charge in [0, 0.05) is 12.7 Å². The van der Waals surface area contributed by atoms with E-state index in [9.17, 15) is 23.5 Å². The van der Waals surface area contributed by atoms with Crippen LogP contribution in [0.3, 0.4) is 0 Å². The van der Waals surface area contributed by atoms with E-state index < -0.39 is 29.7 Å². The number of urea groups is 1. The fourth-order valence-electron chi connectivity index (χ4n) is 2.05. The first kappa shape index (κ1) is 14.0. The average molecular weight is 282 g/mol. The molecule has 7 heteroatoms. The van der Waals surface area contributed by atoms with E-state index in [1.165, 1.54) is 20.0 Å². The Morgan fingerprint density at radius 2 is 2.00 bits per heavy atom. The Hall–Kier alpha value is -2.44. The molecule has 0 fully saturated rings. The number of carbonyl (C=O) groups is 2. The summed E-state index contributed by atoms with van der Waals surface area (Å²) in [7, 11) is 1.43. The van der Waals surface area contributed by atoms with Gasteiger partial charge in [0.2, 0.25) is 0 Å². The Labute approximate surface area is 113 Å². The summed E-state index contributed by atoms with van der Waals surface area (Å²) in [6, 6.07) is 1.48. The standard InChI is InChI=1S/C13H12F2N2O3/c1-6-10(12(18)19)11(16-13(20)17(6)2)7-3-4-8(14)9(15)5-7/h3-5,11H,1-2H3,(H,16,20)(H,18,19)/t11-/m0/s1. The molecule has 0 aliphatic carbocycles. The van der Waals surface area contributed by atoms with Crippen molar-refractivity contribution in [1.29, 1.82) is 0 Å². The highest BCUT2D eigenvalue weighted by Gasteiger charge is 2.34. The molecule has 5 nitrogen and oxygen atoms in total. The van der Waals surface area contributed by atoms with Crippen molar-refractivity contribution in [2.75, 3.05) is 7.05 Å². The maximum atomic E-state index is 13.3. The number of halogens is 2. The van der Waals surface area contributed by atoms with E-state index in [-0.39, 0.29) is 16.8 Å². The molecule has 2 amide bonds. The summed E-state index contributed by atoms with van der Waals surface area (Å²) in [4.78, 5) is 24.2. The molecule has 1 aromatic rings. The number of hydrogen-bond acceptors (Lipinski definition) is 2. The number of nitrogens with one attached hydrogen (secondary N) is 1. The van der Waals surface area contributed by atoms with Crippen LogP contribution in [0.2, 0.25) is 0 Å². The zero-order chi connectivity index (χ0) is 15.0. The lowest BCUT2D eigenvalue weighted by molar-refractivity contribution is -0.133. The molecule has 1 aliphatic heterocycles. The number of carboxylic acid groups (broad SMARTS) is 1. The van der Waals surface area contributed by atoms with Crippen LogP contribution in [-0.2, 0) is 4.79 Å². The number of nitrogens with zero attached hydrogens (tertiary/aromatic N) is 1. The fraction of sp³-hybridized carbons (Fsp3) is 0.231. The lowest BCUT2D eigenvalue weighted by Crippen LogP contribution is -2.46. The summed E-state index contributed by atoms with van der Waals surface area (Å²) in [6.45, 7) is 1.48. The molecule has 0 aromatic heterocycles. The Morgan fingerprint density at radius 1 is 1.35 bits per heavy atom. The summed E-state index contributed by atoms with van der Waals surface area (Å²) in [6.07, 6.45) is 0. The minimum Gasteiger partial charge on any atom is -0.478 e. The number of hydrogen-bond donors (Lipinski definition) is 2. The number of benzene rings is 1. The Balaban J connectivity index is 2.56. The quantitative estimate of drug-likeness (QED) is 0.872. The van der Waals surface area contributed by atoms with Gasteiger partial charge in [-0.1, -0.05) is 6.07 Å². The molecule has 1 aromatic carbocycles. The van der Waals surface area contributed by atoms with Crippen molar-refractivity contribution >= 4 is 12.0 Å². The van der Waals surface area contributed by atoms with Crippen LogP contribution in [-0.4, -0.2) is 29.1 Å². The SMILES string of the molecule is CC1=C(C(=O)O)[C@H](c2ccc(F)c(F)c2)NC(=O)N1C. The number of amides is 2. The van der Waals surface area contributed by atoms with Crippen LogP contribution >= 0.6 is 0 Å². The predicted molar refractivity (Wildman–Crippen MR) is 65.7 cm³/mol. The van der Waals surface area contributed by atoms with Gasteiger partial charge in [0.25, 0.3) is 0 Å². The van der Waals surface area contributed by atoms with E-state index in [1.54, 1.807) is 0 Å². The molecule has 0 spiro atoms. The number of carbonyl (C=O) groups excluding carboxylic acids is 1. The highest BCUT2D eigenvalue weighted by atomic mass is 19.2. The van der Waals surface area contributed by atoms with E-state index in [1.807, 2.05) is 0 Å². The summed E-state index contributed by atoms with van der Waals surface area (Å²) in [5, 5.41) is 11.7. The Kier molecular flexibility index (Phi) is 3.44. The molecule has 106 valence electrons. The second-order valence-electron chi connectivity index (χ2n) is 4.42. The first-order chi connectivity index (χ1) is 9.32. The van der Waals surface area contributed by atoms with Gasteiger partial charge in [-0.15, -0.1) is 0 Å². The van der Waals surface area contributed by atoms with Crippen molar-refractivity contribution in [3.05, 3.63) is 46.7 Å². The molecule has 1 aliphatic rings. The number of carboxylic acids is 1. The maximum absolute atomic E-state index is 13.3. The van der Waals surface area contributed by atoms with Crippen molar-refractivity contribution in [1.82, 2.24) is 10.2 Å². The minimum atomic E-state index is -1.23. The molecule has 20 heavy (non-hydrogen) atoms. The van der Waals surface area contributed by atoms with Gasteiger partial charge in [-0.2, -0.15) is 0 Å². The largest absolute Gasteiger partial charge is 0.478 e. The Bertz CT molecular complexity index is 628. The van der Waals surface area contributed by atoms with Crippen LogP contribution in [0.4, 0.5) is 13.6 Å². The van der Waals surface area contributed by atoms with Crippen molar-refractivity contribution in [3.8, 4) is 0 Å². The second-order valence-corrected chi connectivity index (χ2v) is 4.42. The van der Waals surface area contributed by atoms with Gasteiger partial charge in [0.15, 0.2) is 11.6 Å². The van der Waals surface area contributed by atoms with E-state index in [0.29, 0.717) is 0 Å². The van der Waals surface area contributed by atoms with Crippen LogP contribution in [0.15, 0.2) is 29.5 Å². The lowest BCUT2D eigenvalue weighted by atomic mass is 9.95. The predicted octanol–water partition coefficient (Wildman–Crippen LogP) is 2.02. The molecular formula is C13H12F2N2O3. The summed E-state index contributed by atoms with van der Waals surface area (Å²) >= 11 is 0. The third-order valence-electron chi connectivity index (χ3n) is 3.26. The molecule has 1 atom stereocenters. The number of aliphatic carboxylic acids is 1. The molecule has 0 radical (unpaired) electrons. The van der Waals surface area contributed by atoms with Crippen LogP contribution in [0.25, 0.3) is 0 Å². The average Bonchev–Trinajstić information content (AvgIpc) is 2.38. The highest BCUT2D eigenvalue weighted by molar-refractivity contribution is 5.93. The fourth-order valence-corrected chi connectivity index (χ4v) is 2.05. The summed E-state index contributed by atoms with van der Waals surface area (Å²) in [5.74, 6) is -3.37. The van der Waals surface area contributed by atoms with Gasteiger partial charge in [-0.3, -0.25) is 0 Å². The van der Waals surface area contributed by atoms with Crippen LogP contribution in [0, 0.1) is 11.6 Å². The first-order valence-corrected chi connectivity index (χ1v) is 5.76. The van der Waals surface area contributed by atoms with Crippen LogP contribution < -0.4 is 5.32 Å².